The number of morpholine rings is 2. The zero-order valence-electron chi connectivity index (χ0n) is 11.1. The first-order chi connectivity index (χ1) is 9.58. The third-order valence-electron chi connectivity index (χ3n) is 2.41. The molecule has 0 aliphatic carbocycles. The van der Waals surface area contributed by atoms with Crippen molar-refractivity contribution >= 4 is 58.3 Å². The second kappa shape index (κ2) is 13.1. The fourth-order valence-electron chi connectivity index (χ4n) is 1.58. The molecular weight excluding hydrogens is 400 g/mol. The van der Waals surface area contributed by atoms with Crippen LogP contribution in [0, 0.1) is 0 Å². The molecule has 0 aromatic rings. The molecule has 0 bridgehead atoms. The molecule has 2 fully saturated rings. The van der Waals surface area contributed by atoms with E-state index in [1.807, 2.05) is 0 Å². The van der Waals surface area contributed by atoms with Crippen LogP contribution >= 0.6 is 24.4 Å². The Morgan fingerprint density at radius 3 is 1.52 bits per heavy atom. The molecule has 125 valence electrons. The van der Waals surface area contributed by atoms with Crippen LogP contribution in [0.15, 0.2) is 0 Å². The molecule has 2 unspecified atom stereocenters. The maximum absolute atomic E-state index is 5.26. The minimum Gasteiger partial charge on any atom is -0.412 e. The van der Waals surface area contributed by atoms with Crippen LogP contribution in [-0.2, 0) is 51.8 Å². The van der Waals surface area contributed by atoms with Gasteiger partial charge < -0.3 is 80.4 Å². The van der Waals surface area contributed by atoms with Gasteiger partial charge in [-0.2, -0.15) is 0 Å². The summed E-state index contributed by atoms with van der Waals surface area (Å²) in [4.78, 5) is 0. The SMILES string of the molecule is S=C([S-])NC1CNCCO1.S=C([S-])NC1CNCCO1.[Cu+2]. The van der Waals surface area contributed by atoms with Crippen molar-refractivity contribution in [2.45, 2.75) is 12.5 Å². The van der Waals surface area contributed by atoms with Crippen molar-refractivity contribution in [3.05, 3.63) is 0 Å². The van der Waals surface area contributed by atoms with Gasteiger partial charge in [0.25, 0.3) is 0 Å². The molecule has 2 rings (SSSR count). The van der Waals surface area contributed by atoms with Gasteiger partial charge in [-0.25, -0.2) is 0 Å². The molecule has 0 aromatic heterocycles. The molecule has 1 radical (unpaired) electrons. The third kappa shape index (κ3) is 11.8. The fraction of sp³-hybridized carbons (Fsp3) is 0.800. The molecule has 0 aromatic carbocycles. The minimum atomic E-state index is -0.0289. The molecule has 0 amide bonds. The van der Waals surface area contributed by atoms with E-state index in [1.54, 1.807) is 0 Å². The van der Waals surface area contributed by atoms with Gasteiger partial charge in [-0.05, 0) is 0 Å². The number of nitrogens with one attached hydrogen (secondary N) is 4. The van der Waals surface area contributed by atoms with E-state index in [2.05, 4.69) is 71.0 Å². The Balaban J connectivity index is 0.000000364. The summed E-state index contributed by atoms with van der Waals surface area (Å²) in [7, 11) is 0. The standard InChI is InChI=1S/2C5H10N2OS2.Cu/c2*9-5(10)7-4-3-6-1-2-8-4;/h2*4,6H,1-3H2,(H2,7,9,10);/q;;+2/p-2. The van der Waals surface area contributed by atoms with Crippen molar-refractivity contribution < 1.29 is 26.5 Å². The van der Waals surface area contributed by atoms with Crippen LogP contribution in [-0.4, -0.2) is 60.5 Å². The molecule has 21 heavy (non-hydrogen) atoms. The summed E-state index contributed by atoms with van der Waals surface area (Å²) in [5.41, 5.74) is 0. The van der Waals surface area contributed by atoms with Crippen molar-refractivity contribution in [2.75, 3.05) is 39.4 Å². The van der Waals surface area contributed by atoms with E-state index in [0.717, 1.165) is 39.4 Å². The molecule has 0 saturated carbocycles. The number of hydrogen-bond donors (Lipinski definition) is 4. The molecule has 6 nitrogen and oxygen atoms in total. The summed E-state index contributed by atoms with van der Waals surface area (Å²) in [5, 5.41) is 12.0. The van der Waals surface area contributed by atoms with E-state index in [9.17, 15) is 0 Å². The molecule has 0 spiro atoms. The third-order valence-corrected chi connectivity index (χ3v) is 2.88. The molecule has 4 N–H and O–H groups in total. The summed E-state index contributed by atoms with van der Waals surface area (Å²) >= 11 is 18.7. The molecule has 2 heterocycles. The first-order valence-corrected chi connectivity index (χ1v) is 7.81. The summed E-state index contributed by atoms with van der Waals surface area (Å²) in [6.07, 6.45) is -0.0579. The van der Waals surface area contributed by atoms with Gasteiger partial charge in [0.15, 0.2) is 0 Å². The Bertz CT molecular complexity index is 285. The predicted molar refractivity (Wildman–Crippen MR) is 91.4 cm³/mol. The first kappa shape index (κ1) is 21.6. The maximum atomic E-state index is 5.26. The maximum Gasteiger partial charge on any atom is 2.00 e. The Labute approximate surface area is 157 Å². The van der Waals surface area contributed by atoms with Crippen LogP contribution in [0.4, 0.5) is 0 Å². The Morgan fingerprint density at radius 2 is 1.29 bits per heavy atom. The van der Waals surface area contributed by atoms with Gasteiger partial charge >= 0.3 is 17.1 Å². The van der Waals surface area contributed by atoms with Crippen molar-refractivity contribution in [1.29, 1.82) is 0 Å². The number of thiocarbonyl (C=S) groups is 2. The van der Waals surface area contributed by atoms with Gasteiger partial charge in [-0.1, -0.05) is 8.64 Å². The van der Waals surface area contributed by atoms with Crippen molar-refractivity contribution in [3.8, 4) is 0 Å². The minimum absolute atomic E-state index is 0. The van der Waals surface area contributed by atoms with Gasteiger partial charge in [0.1, 0.15) is 12.5 Å². The van der Waals surface area contributed by atoms with E-state index in [4.69, 9.17) is 9.47 Å². The second-order valence-electron chi connectivity index (χ2n) is 3.99. The molecule has 2 aliphatic rings. The Hall–Kier alpha value is 0.579. The van der Waals surface area contributed by atoms with Gasteiger partial charge in [-0.3, -0.25) is 0 Å². The summed E-state index contributed by atoms with van der Waals surface area (Å²) in [6.45, 7) is 4.80. The van der Waals surface area contributed by atoms with Crippen molar-refractivity contribution in [1.82, 2.24) is 21.3 Å². The monoisotopic (exact) mass is 417 g/mol. The number of rotatable bonds is 2. The van der Waals surface area contributed by atoms with E-state index in [0.29, 0.717) is 8.64 Å². The van der Waals surface area contributed by atoms with Crippen LogP contribution < -0.4 is 21.3 Å². The molecule has 2 saturated heterocycles. The van der Waals surface area contributed by atoms with Crippen LogP contribution in [0.5, 0.6) is 0 Å². The molecular formula is C10H18CuN4O2S4. The van der Waals surface area contributed by atoms with E-state index >= 15 is 0 Å². The Kier molecular flexibility index (Phi) is 13.4. The van der Waals surface area contributed by atoms with Gasteiger partial charge in [0.05, 0.1) is 13.2 Å². The molecule has 2 atom stereocenters. The van der Waals surface area contributed by atoms with Crippen molar-refractivity contribution in [2.24, 2.45) is 0 Å². The topological polar surface area (TPSA) is 66.6 Å². The summed E-state index contributed by atoms with van der Waals surface area (Å²) in [6, 6.07) is 0. The van der Waals surface area contributed by atoms with Crippen LogP contribution in [0.2, 0.25) is 0 Å². The average molecular weight is 418 g/mol. The largest absolute Gasteiger partial charge is 2.00 e. The number of ether oxygens (including phenoxy) is 2. The van der Waals surface area contributed by atoms with Crippen LogP contribution in [0.3, 0.4) is 0 Å². The molecule has 2 aliphatic heterocycles. The number of hydrogen-bond acceptors (Lipinski definition) is 8. The zero-order chi connectivity index (χ0) is 14.8. The smallest absolute Gasteiger partial charge is 0.412 e. The van der Waals surface area contributed by atoms with Crippen LogP contribution in [0.1, 0.15) is 0 Å². The van der Waals surface area contributed by atoms with E-state index < -0.39 is 0 Å². The van der Waals surface area contributed by atoms with E-state index in [-0.39, 0.29) is 29.5 Å². The zero-order valence-corrected chi connectivity index (χ0v) is 15.4. The Morgan fingerprint density at radius 1 is 0.905 bits per heavy atom. The quantitative estimate of drug-likeness (QED) is 0.248. The average Bonchev–Trinajstić information content (AvgIpc) is 2.40. The van der Waals surface area contributed by atoms with Gasteiger partial charge in [-0.15, -0.1) is 0 Å². The second-order valence-corrected chi connectivity index (χ2v) is 6.14. The van der Waals surface area contributed by atoms with Gasteiger partial charge in [0, 0.05) is 26.2 Å². The molecule has 11 heteroatoms. The van der Waals surface area contributed by atoms with Crippen LogP contribution in [0.25, 0.3) is 0 Å². The predicted octanol–water partition coefficient (Wildman–Crippen LogP) is -1.30. The first-order valence-electron chi connectivity index (χ1n) is 6.17. The van der Waals surface area contributed by atoms with Gasteiger partial charge in [0.2, 0.25) is 0 Å². The fourth-order valence-corrected chi connectivity index (χ4v) is 2.10. The normalized spacial score (nSPS) is 24.6. The van der Waals surface area contributed by atoms with E-state index in [1.165, 1.54) is 0 Å². The summed E-state index contributed by atoms with van der Waals surface area (Å²) < 4.78 is 11.3. The summed E-state index contributed by atoms with van der Waals surface area (Å²) in [5.74, 6) is 0. The van der Waals surface area contributed by atoms with Crippen molar-refractivity contribution in [3.63, 3.8) is 0 Å².